The molecule has 5 heteroatoms. The SMILES string of the molecule is COc1ccc(CCCS(=O)(O)=S)cc1. The lowest BCUT2D eigenvalue weighted by atomic mass is 10.1. The molecule has 1 atom stereocenters. The molecule has 0 aliphatic heterocycles. The molecule has 0 aliphatic carbocycles. The van der Waals surface area contributed by atoms with Crippen LogP contribution < -0.4 is 4.74 Å². The zero-order valence-electron chi connectivity index (χ0n) is 8.51. The average molecular weight is 246 g/mol. The smallest absolute Gasteiger partial charge is 0.141 e. The molecule has 15 heavy (non-hydrogen) atoms. The summed E-state index contributed by atoms with van der Waals surface area (Å²) in [6.45, 7) is 0. The first kappa shape index (κ1) is 12.4. The Hall–Kier alpha value is -0.650. The number of benzene rings is 1. The van der Waals surface area contributed by atoms with Gasteiger partial charge in [-0.25, -0.2) is 4.21 Å². The summed E-state index contributed by atoms with van der Waals surface area (Å²) < 4.78 is 24.8. The summed E-state index contributed by atoms with van der Waals surface area (Å²) in [4.78, 5) is 0. The molecule has 0 aliphatic rings. The van der Waals surface area contributed by atoms with Crippen LogP contribution in [-0.4, -0.2) is 21.6 Å². The van der Waals surface area contributed by atoms with E-state index in [-0.39, 0.29) is 5.75 Å². The molecule has 1 aromatic carbocycles. The number of ether oxygens (including phenoxy) is 1. The van der Waals surface area contributed by atoms with Gasteiger partial charge in [-0.2, -0.15) is 0 Å². The highest BCUT2D eigenvalue weighted by atomic mass is 32.8. The van der Waals surface area contributed by atoms with E-state index in [1.54, 1.807) is 7.11 Å². The highest BCUT2D eigenvalue weighted by Crippen LogP contribution is 2.12. The van der Waals surface area contributed by atoms with E-state index >= 15 is 0 Å². The maximum absolute atomic E-state index is 10.8. The van der Waals surface area contributed by atoms with Crippen LogP contribution >= 0.6 is 0 Å². The Balaban J connectivity index is 2.45. The molecular formula is C10H14O3S2. The van der Waals surface area contributed by atoms with Gasteiger partial charge in [-0.05, 0) is 30.5 Å². The third kappa shape index (κ3) is 5.11. The van der Waals surface area contributed by atoms with Gasteiger partial charge in [0.2, 0.25) is 0 Å². The molecule has 0 aromatic heterocycles. The molecule has 0 spiro atoms. The molecular weight excluding hydrogens is 232 g/mol. The molecule has 0 radical (unpaired) electrons. The van der Waals surface area contributed by atoms with E-state index < -0.39 is 8.77 Å². The normalized spacial score (nSPS) is 14.5. The summed E-state index contributed by atoms with van der Waals surface area (Å²) in [5, 5.41) is 0. The fourth-order valence-corrected chi connectivity index (χ4v) is 2.11. The van der Waals surface area contributed by atoms with Gasteiger partial charge >= 0.3 is 0 Å². The fraction of sp³-hybridized carbons (Fsp3) is 0.400. The van der Waals surface area contributed by atoms with E-state index in [0.29, 0.717) is 6.42 Å². The number of rotatable bonds is 5. The molecule has 84 valence electrons. The van der Waals surface area contributed by atoms with Gasteiger partial charge < -0.3 is 9.29 Å². The van der Waals surface area contributed by atoms with Crippen molar-refractivity contribution in [3.05, 3.63) is 29.8 Å². The lowest BCUT2D eigenvalue weighted by Gasteiger charge is -2.03. The molecule has 0 heterocycles. The lowest BCUT2D eigenvalue weighted by Crippen LogP contribution is -2.03. The van der Waals surface area contributed by atoms with Crippen molar-refractivity contribution in [3.63, 3.8) is 0 Å². The van der Waals surface area contributed by atoms with Gasteiger partial charge in [-0.15, -0.1) is 0 Å². The first-order valence-corrected chi connectivity index (χ1v) is 7.20. The summed E-state index contributed by atoms with van der Waals surface area (Å²) in [6, 6.07) is 7.64. The number of aryl methyl sites for hydroxylation is 1. The third-order valence-electron chi connectivity index (χ3n) is 2.03. The number of hydrogen-bond donors (Lipinski definition) is 1. The van der Waals surface area contributed by atoms with Crippen molar-refractivity contribution in [2.75, 3.05) is 12.9 Å². The Morgan fingerprint density at radius 3 is 2.47 bits per heavy atom. The summed E-state index contributed by atoms with van der Waals surface area (Å²) in [5.74, 6) is 0.988. The molecule has 1 aromatic rings. The maximum atomic E-state index is 10.8. The number of methoxy groups -OCH3 is 1. The van der Waals surface area contributed by atoms with Crippen molar-refractivity contribution in [2.24, 2.45) is 0 Å². The molecule has 0 saturated heterocycles. The summed E-state index contributed by atoms with van der Waals surface area (Å²) in [7, 11) is -1.38. The quantitative estimate of drug-likeness (QED) is 0.861. The van der Waals surface area contributed by atoms with E-state index in [1.165, 1.54) is 0 Å². The van der Waals surface area contributed by atoms with E-state index in [9.17, 15) is 4.21 Å². The van der Waals surface area contributed by atoms with E-state index in [2.05, 4.69) is 11.2 Å². The van der Waals surface area contributed by atoms with Crippen molar-refractivity contribution in [1.29, 1.82) is 0 Å². The van der Waals surface area contributed by atoms with Gasteiger partial charge in [0.15, 0.2) is 0 Å². The second kappa shape index (κ2) is 5.44. The van der Waals surface area contributed by atoms with Crippen molar-refractivity contribution >= 4 is 20.0 Å². The molecule has 0 saturated carbocycles. The third-order valence-corrected chi connectivity index (χ3v) is 3.33. The minimum atomic E-state index is -3.00. The average Bonchev–Trinajstić information content (AvgIpc) is 2.17. The predicted octanol–water partition coefficient (Wildman–Crippen LogP) is 1.85. The summed E-state index contributed by atoms with van der Waals surface area (Å²) in [6.07, 6.45) is 1.39. The zero-order chi connectivity index (χ0) is 11.3. The van der Waals surface area contributed by atoms with Crippen LogP contribution in [0.25, 0.3) is 0 Å². The standard InChI is InChI=1S/C10H14O3S2/c1-13-10-6-4-9(5-7-10)3-2-8-15(11,12)14/h4-7H,2-3,8H2,1H3,(H,11,12,14). The van der Waals surface area contributed by atoms with Crippen molar-refractivity contribution in [2.45, 2.75) is 12.8 Å². The maximum Gasteiger partial charge on any atom is 0.141 e. The minimum Gasteiger partial charge on any atom is -0.497 e. The first-order valence-electron chi connectivity index (χ1n) is 4.59. The van der Waals surface area contributed by atoms with Gasteiger partial charge in [0.1, 0.15) is 14.5 Å². The molecule has 1 N–H and O–H groups in total. The first-order chi connectivity index (χ1) is 7.01. The van der Waals surface area contributed by atoms with Crippen molar-refractivity contribution in [3.8, 4) is 5.75 Å². The van der Waals surface area contributed by atoms with Crippen LogP contribution in [0.2, 0.25) is 0 Å². The molecule has 3 nitrogen and oxygen atoms in total. The largest absolute Gasteiger partial charge is 0.497 e. The van der Waals surface area contributed by atoms with Gasteiger partial charge in [-0.1, -0.05) is 12.1 Å². The highest BCUT2D eigenvalue weighted by molar-refractivity contribution is 8.29. The van der Waals surface area contributed by atoms with Gasteiger partial charge in [0, 0.05) is 11.2 Å². The van der Waals surface area contributed by atoms with E-state index in [0.717, 1.165) is 17.7 Å². The topological polar surface area (TPSA) is 46.5 Å². The van der Waals surface area contributed by atoms with Crippen molar-refractivity contribution < 1.29 is 13.5 Å². The zero-order valence-corrected chi connectivity index (χ0v) is 10.1. The molecule has 0 amide bonds. The molecule has 0 bridgehead atoms. The predicted molar refractivity (Wildman–Crippen MR) is 64.3 cm³/mol. The Bertz CT molecular complexity index is 395. The number of hydrogen-bond acceptors (Lipinski definition) is 3. The second-order valence-corrected chi connectivity index (χ2v) is 6.37. The van der Waals surface area contributed by atoms with Crippen LogP contribution in [0.3, 0.4) is 0 Å². The van der Waals surface area contributed by atoms with E-state index in [1.807, 2.05) is 24.3 Å². The van der Waals surface area contributed by atoms with Crippen LogP contribution in [0.15, 0.2) is 24.3 Å². The van der Waals surface area contributed by atoms with Crippen LogP contribution in [-0.2, 0) is 26.4 Å². The van der Waals surface area contributed by atoms with Gasteiger partial charge in [0.05, 0.1) is 12.9 Å². The Morgan fingerprint density at radius 1 is 1.40 bits per heavy atom. The van der Waals surface area contributed by atoms with Gasteiger partial charge in [0.25, 0.3) is 0 Å². The van der Waals surface area contributed by atoms with Crippen LogP contribution in [0.4, 0.5) is 0 Å². The van der Waals surface area contributed by atoms with Crippen LogP contribution in [0, 0.1) is 0 Å². The van der Waals surface area contributed by atoms with E-state index in [4.69, 9.17) is 9.29 Å². The Labute approximate surface area is 95.0 Å². The molecule has 1 unspecified atom stereocenters. The summed E-state index contributed by atoms with van der Waals surface area (Å²) >= 11 is 4.40. The highest BCUT2D eigenvalue weighted by Gasteiger charge is 2.00. The Morgan fingerprint density at radius 2 is 2.00 bits per heavy atom. The monoisotopic (exact) mass is 246 g/mol. The second-order valence-electron chi connectivity index (χ2n) is 3.24. The molecule has 0 fully saturated rings. The van der Waals surface area contributed by atoms with Crippen LogP contribution in [0.1, 0.15) is 12.0 Å². The summed E-state index contributed by atoms with van der Waals surface area (Å²) in [5.41, 5.74) is 1.12. The lowest BCUT2D eigenvalue weighted by molar-refractivity contribution is 0.414. The van der Waals surface area contributed by atoms with Crippen LogP contribution in [0.5, 0.6) is 5.75 Å². The van der Waals surface area contributed by atoms with Crippen molar-refractivity contribution in [1.82, 2.24) is 0 Å². The Kier molecular flexibility index (Phi) is 4.50. The van der Waals surface area contributed by atoms with Gasteiger partial charge in [-0.3, -0.25) is 0 Å². The minimum absolute atomic E-state index is 0.175. The fourth-order valence-electron chi connectivity index (χ4n) is 1.25. The molecule has 1 rings (SSSR count).